The molecule has 0 aliphatic rings. The minimum atomic E-state index is 0. The number of hydrogen-bond acceptors (Lipinski definition) is 2. The summed E-state index contributed by atoms with van der Waals surface area (Å²) in [7, 11) is 4.15. The van der Waals surface area contributed by atoms with Gasteiger partial charge in [-0.1, -0.05) is 18.2 Å². The molecule has 0 N–H and O–H groups in total. The standard InChI is InChI=1S/C10H15NS.3CO.Cr/c1-8(11(2)3)9-6-4-5-7-10(9)12;3*1-2;/h4-8,12H,1-3H3;;;;/t8-;;;;/m1..../s1. The fourth-order valence-corrected chi connectivity index (χ4v) is 1.47. The Balaban J connectivity index is -0.000000142. The van der Waals surface area contributed by atoms with Crippen molar-refractivity contribution >= 4 is 12.6 Å². The first kappa shape index (κ1) is 26.8. The topological polar surface area (TPSA) is 62.9 Å². The Hall–Kier alpha value is -0.718. The van der Waals surface area contributed by atoms with E-state index in [9.17, 15) is 0 Å². The summed E-state index contributed by atoms with van der Waals surface area (Å²) in [5.74, 6) is 0. The third kappa shape index (κ3) is 12.1. The van der Waals surface area contributed by atoms with Crippen LogP contribution in [0.2, 0.25) is 0 Å². The molecule has 1 rings (SSSR count). The molecule has 19 heavy (non-hydrogen) atoms. The second kappa shape index (κ2) is 19.6. The van der Waals surface area contributed by atoms with Gasteiger partial charge in [-0.25, -0.2) is 0 Å². The van der Waals surface area contributed by atoms with E-state index in [-0.39, 0.29) is 17.4 Å². The van der Waals surface area contributed by atoms with Crippen molar-refractivity contribution in [3.05, 3.63) is 49.8 Å². The largest absolute Gasteiger partial charge is 0 e. The van der Waals surface area contributed by atoms with Gasteiger partial charge in [-0.3, -0.25) is 0 Å². The number of nitrogens with zero attached hydrogens (tertiary/aromatic N) is 1. The van der Waals surface area contributed by atoms with Crippen molar-refractivity contribution < 1.29 is 31.3 Å². The molecule has 0 heterocycles. The van der Waals surface area contributed by atoms with Gasteiger partial charge in [0.15, 0.2) is 0 Å². The van der Waals surface area contributed by atoms with Crippen molar-refractivity contribution in [2.75, 3.05) is 14.1 Å². The normalized spacial score (nSPS) is 8.79. The monoisotopic (exact) mass is 317 g/mol. The minimum Gasteiger partial charge on any atom is 0 e. The van der Waals surface area contributed by atoms with Crippen molar-refractivity contribution in [2.24, 2.45) is 0 Å². The summed E-state index contributed by atoms with van der Waals surface area (Å²) in [5.41, 5.74) is 1.28. The average molecular weight is 317 g/mol. The van der Waals surface area contributed by atoms with E-state index in [2.05, 4.69) is 70.6 Å². The van der Waals surface area contributed by atoms with Crippen molar-refractivity contribution in [3.63, 3.8) is 0 Å². The van der Waals surface area contributed by atoms with Crippen LogP contribution < -0.4 is 0 Å². The first-order valence-corrected chi connectivity index (χ1v) is 5.13. The van der Waals surface area contributed by atoms with E-state index in [0.717, 1.165) is 4.90 Å². The van der Waals surface area contributed by atoms with Gasteiger partial charge in [0.05, 0.1) is 0 Å². The molecule has 0 aliphatic carbocycles. The van der Waals surface area contributed by atoms with Crippen LogP contribution in [0.25, 0.3) is 0 Å². The van der Waals surface area contributed by atoms with E-state index in [4.69, 9.17) is 14.0 Å². The molecule has 0 fully saturated rings. The van der Waals surface area contributed by atoms with E-state index in [0.29, 0.717) is 6.04 Å². The van der Waals surface area contributed by atoms with Gasteiger partial charge >= 0.3 is 33.9 Å². The third-order valence-corrected chi connectivity index (χ3v) is 2.57. The van der Waals surface area contributed by atoms with E-state index < -0.39 is 0 Å². The molecule has 4 nitrogen and oxygen atoms in total. The van der Waals surface area contributed by atoms with Gasteiger partial charge in [-0.15, -0.1) is 12.6 Å². The van der Waals surface area contributed by atoms with Gasteiger partial charge in [0.25, 0.3) is 0 Å². The van der Waals surface area contributed by atoms with Crippen molar-refractivity contribution in [3.8, 4) is 0 Å². The molecule has 0 saturated heterocycles. The molecular formula is C13H15CrNO3S. The Morgan fingerprint density at radius 2 is 1.37 bits per heavy atom. The molecule has 0 aliphatic heterocycles. The predicted molar refractivity (Wildman–Crippen MR) is 67.6 cm³/mol. The van der Waals surface area contributed by atoms with Crippen LogP contribution in [0.4, 0.5) is 0 Å². The van der Waals surface area contributed by atoms with E-state index >= 15 is 0 Å². The predicted octanol–water partition coefficient (Wildman–Crippen LogP) is 2.48. The van der Waals surface area contributed by atoms with Crippen LogP contribution >= 0.6 is 12.6 Å². The molecule has 0 radical (unpaired) electrons. The Kier molecular flexibility index (Phi) is 27.6. The van der Waals surface area contributed by atoms with E-state index in [1.165, 1.54) is 5.56 Å². The van der Waals surface area contributed by atoms with E-state index in [1.54, 1.807) is 0 Å². The summed E-state index contributed by atoms with van der Waals surface area (Å²) in [4.78, 5) is 3.24. The molecule has 1 atom stereocenters. The first-order chi connectivity index (χ1) is 8.63. The summed E-state index contributed by atoms with van der Waals surface area (Å²) in [6, 6.07) is 8.63. The van der Waals surface area contributed by atoms with Crippen LogP contribution in [0.1, 0.15) is 18.5 Å². The van der Waals surface area contributed by atoms with Crippen molar-refractivity contribution in [1.82, 2.24) is 4.90 Å². The zero-order valence-corrected chi connectivity index (χ0v) is 13.1. The van der Waals surface area contributed by atoms with Crippen LogP contribution in [0.3, 0.4) is 0 Å². The number of hydrogen-bond donors (Lipinski definition) is 1. The minimum absolute atomic E-state index is 0. The SMILES string of the molecule is C[C@H](c1ccccc1S)N(C)C.[C-]#[O+].[C-]#[O+].[C-]#[O+].[Cr]. The molecular weight excluding hydrogens is 302 g/mol. The summed E-state index contributed by atoms with van der Waals surface area (Å²) >= 11 is 4.41. The molecule has 0 unspecified atom stereocenters. The molecule has 1 aromatic rings. The van der Waals surface area contributed by atoms with Crippen LogP contribution in [-0.4, -0.2) is 19.0 Å². The molecule has 6 heteroatoms. The molecule has 0 aromatic heterocycles. The molecule has 1 aromatic carbocycles. The summed E-state index contributed by atoms with van der Waals surface area (Å²) in [6.45, 7) is 15.7. The van der Waals surface area contributed by atoms with Crippen molar-refractivity contribution in [2.45, 2.75) is 17.9 Å². The second-order valence-electron chi connectivity index (χ2n) is 3.20. The fourth-order valence-electron chi connectivity index (χ4n) is 1.12. The number of benzene rings is 1. The quantitative estimate of drug-likeness (QED) is 0.508. The maximum Gasteiger partial charge on any atom is 0 e. The van der Waals surface area contributed by atoms with Crippen molar-refractivity contribution in [1.29, 1.82) is 0 Å². The van der Waals surface area contributed by atoms with Gasteiger partial charge in [0.1, 0.15) is 0 Å². The van der Waals surface area contributed by atoms with Crippen LogP contribution in [0, 0.1) is 20.0 Å². The number of thiol groups is 1. The van der Waals surface area contributed by atoms with E-state index in [1.807, 2.05) is 12.1 Å². The summed E-state index contributed by atoms with van der Waals surface area (Å²) in [6.07, 6.45) is 0. The third-order valence-electron chi connectivity index (χ3n) is 2.16. The average Bonchev–Trinajstić information content (AvgIpc) is 2.45. The van der Waals surface area contributed by atoms with Gasteiger partial charge in [-0.2, -0.15) is 0 Å². The zero-order chi connectivity index (χ0) is 15.1. The van der Waals surface area contributed by atoms with Gasteiger partial charge in [0, 0.05) is 28.3 Å². The Morgan fingerprint density at radius 3 is 1.68 bits per heavy atom. The molecule has 0 bridgehead atoms. The molecule has 102 valence electrons. The Labute approximate surface area is 130 Å². The second-order valence-corrected chi connectivity index (χ2v) is 3.68. The number of rotatable bonds is 2. The molecule has 0 saturated carbocycles. The maximum absolute atomic E-state index is 7.50. The zero-order valence-electron chi connectivity index (χ0n) is 10.9. The summed E-state index contributed by atoms with van der Waals surface area (Å²) < 4.78 is 22.5. The smallest absolute Gasteiger partial charge is 0 e. The maximum atomic E-state index is 7.50. The Bertz CT molecular complexity index is 363. The van der Waals surface area contributed by atoms with Crippen LogP contribution in [-0.2, 0) is 31.3 Å². The molecule has 0 amide bonds. The van der Waals surface area contributed by atoms with Crippen LogP contribution in [0.5, 0.6) is 0 Å². The van der Waals surface area contributed by atoms with Gasteiger partial charge in [0.2, 0.25) is 0 Å². The summed E-state index contributed by atoms with van der Waals surface area (Å²) in [5, 5.41) is 0. The fraction of sp³-hybridized carbons (Fsp3) is 0.308. The van der Waals surface area contributed by atoms with Gasteiger partial charge in [-0.05, 0) is 32.6 Å². The van der Waals surface area contributed by atoms with Crippen LogP contribution in [0.15, 0.2) is 29.2 Å². The molecule has 0 spiro atoms. The van der Waals surface area contributed by atoms with Gasteiger partial charge < -0.3 is 4.90 Å². The Morgan fingerprint density at radius 1 is 1.00 bits per heavy atom. The first-order valence-electron chi connectivity index (χ1n) is 4.68.